The summed E-state index contributed by atoms with van der Waals surface area (Å²) in [5.41, 5.74) is 0. The first kappa shape index (κ1) is 9.01. The number of aromatic nitrogens is 1. The molecule has 72 valence electrons. The van der Waals surface area contributed by atoms with E-state index >= 15 is 0 Å². The molecule has 3 heteroatoms. The summed E-state index contributed by atoms with van der Waals surface area (Å²) in [7, 11) is 0. The number of rotatable bonds is 1. The van der Waals surface area contributed by atoms with Gasteiger partial charge in [-0.2, -0.15) is 5.26 Å². The maximum absolute atomic E-state index is 8.90. The summed E-state index contributed by atoms with van der Waals surface area (Å²) in [6.07, 6.45) is 1.79. The number of nitrogens with zero attached hydrogens (tertiary/aromatic N) is 3. The summed E-state index contributed by atoms with van der Waals surface area (Å²) in [5, 5.41) is 8.90. The number of anilines is 1. The van der Waals surface area contributed by atoms with Crippen molar-refractivity contribution in [3.05, 3.63) is 24.4 Å². The number of hydrogen-bond donors (Lipinski definition) is 0. The van der Waals surface area contributed by atoms with Crippen molar-refractivity contribution in [1.82, 2.24) is 4.98 Å². The predicted octanol–water partition coefficient (Wildman–Crippen LogP) is 1.68. The molecule has 1 aliphatic heterocycles. The highest BCUT2D eigenvalue weighted by molar-refractivity contribution is 5.40. The van der Waals surface area contributed by atoms with Gasteiger partial charge in [-0.25, -0.2) is 4.98 Å². The van der Waals surface area contributed by atoms with Crippen molar-refractivity contribution in [2.45, 2.75) is 6.92 Å². The van der Waals surface area contributed by atoms with Crippen LogP contribution in [0, 0.1) is 23.2 Å². The Bertz CT molecular complexity index is 341. The lowest BCUT2D eigenvalue weighted by Gasteiger charge is -2.15. The summed E-state index contributed by atoms with van der Waals surface area (Å²) in [6.45, 7) is 3.88. The van der Waals surface area contributed by atoms with Crippen molar-refractivity contribution in [2.24, 2.45) is 11.8 Å². The third-order valence-corrected chi connectivity index (χ3v) is 2.75. The van der Waals surface area contributed by atoms with Crippen LogP contribution in [0.3, 0.4) is 0 Å². The largest absolute Gasteiger partial charge is 0.355 e. The minimum absolute atomic E-state index is 0.150. The van der Waals surface area contributed by atoms with Gasteiger partial charge in [0.25, 0.3) is 0 Å². The lowest BCUT2D eigenvalue weighted by molar-refractivity contribution is 0.554. The molecule has 3 nitrogen and oxygen atoms in total. The molecule has 1 saturated heterocycles. The molecule has 2 heterocycles. The normalized spacial score (nSPS) is 26.1. The fraction of sp³-hybridized carbons (Fsp3) is 0.455. The summed E-state index contributed by atoms with van der Waals surface area (Å²) in [6, 6.07) is 8.22. The van der Waals surface area contributed by atoms with Crippen LogP contribution in [0.15, 0.2) is 24.4 Å². The maximum Gasteiger partial charge on any atom is 0.128 e. The average Bonchev–Trinajstić information content (AvgIpc) is 2.61. The van der Waals surface area contributed by atoms with Gasteiger partial charge in [-0.15, -0.1) is 0 Å². The third kappa shape index (κ3) is 1.56. The van der Waals surface area contributed by atoms with Gasteiger partial charge in [-0.3, -0.25) is 0 Å². The van der Waals surface area contributed by atoms with Gasteiger partial charge < -0.3 is 4.90 Å². The Balaban J connectivity index is 2.13. The van der Waals surface area contributed by atoms with E-state index in [-0.39, 0.29) is 5.92 Å². The quantitative estimate of drug-likeness (QED) is 0.671. The van der Waals surface area contributed by atoms with E-state index in [2.05, 4.69) is 22.9 Å². The van der Waals surface area contributed by atoms with Crippen LogP contribution in [0.2, 0.25) is 0 Å². The van der Waals surface area contributed by atoms with E-state index in [0.717, 1.165) is 18.9 Å². The van der Waals surface area contributed by atoms with Gasteiger partial charge in [-0.05, 0) is 18.1 Å². The van der Waals surface area contributed by atoms with Crippen LogP contribution in [0.25, 0.3) is 0 Å². The maximum atomic E-state index is 8.90. The Morgan fingerprint density at radius 2 is 2.36 bits per heavy atom. The van der Waals surface area contributed by atoms with Crippen LogP contribution in [-0.2, 0) is 0 Å². The minimum Gasteiger partial charge on any atom is -0.355 e. The van der Waals surface area contributed by atoms with Crippen LogP contribution >= 0.6 is 0 Å². The molecule has 0 bridgehead atoms. The van der Waals surface area contributed by atoms with Gasteiger partial charge in [0.2, 0.25) is 0 Å². The van der Waals surface area contributed by atoms with E-state index in [1.807, 2.05) is 18.2 Å². The van der Waals surface area contributed by atoms with Crippen LogP contribution in [0.5, 0.6) is 0 Å². The summed E-state index contributed by atoms with van der Waals surface area (Å²) in [5.74, 6) is 1.58. The molecule has 0 aliphatic carbocycles. The number of nitriles is 1. The fourth-order valence-corrected chi connectivity index (χ4v) is 1.86. The first-order valence-electron chi connectivity index (χ1n) is 4.87. The van der Waals surface area contributed by atoms with Crippen molar-refractivity contribution in [2.75, 3.05) is 18.0 Å². The molecule has 0 N–H and O–H groups in total. The Morgan fingerprint density at radius 3 is 2.93 bits per heavy atom. The highest BCUT2D eigenvalue weighted by Gasteiger charge is 2.29. The zero-order valence-electron chi connectivity index (χ0n) is 8.22. The van der Waals surface area contributed by atoms with Gasteiger partial charge in [0.15, 0.2) is 0 Å². The van der Waals surface area contributed by atoms with Crippen molar-refractivity contribution in [3.63, 3.8) is 0 Å². The van der Waals surface area contributed by atoms with E-state index in [0.29, 0.717) is 5.92 Å². The molecular weight excluding hydrogens is 174 g/mol. The van der Waals surface area contributed by atoms with Gasteiger partial charge in [0, 0.05) is 19.3 Å². The zero-order chi connectivity index (χ0) is 9.97. The van der Waals surface area contributed by atoms with Crippen molar-refractivity contribution in [1.29, 1.82) is 5.26 Å². The first-order valence-corrected chi connectivity index (χ1v) is 4.87. The van der Waals surface area contributed by atoms with Crippen LogP contribution in [0.1, 0.15) is 6.92 Å². The van der Waals surface area contributed by atoms with Crippen LogP contribution < -0.4 is 4.90 Å². The summed E-state index contributed by atoms with van der Waals surface area (Å²) in [4.78, 5) is 6.46. The second-order valence-electron chi connectivity index (χ2n) is 3.81. The molecule has 2 atom stereocenters. The Kier molecular flexibility index (Phi) is 2.36. The van der Waals surface area contributed by atoms with E-state index < -0.39 is 0 Å². The smallest absolute Gasteiger partial charge is 0.128 e. The predicted molar refractivity (Wildman–Crippen MR) is 54.7 cm³/mol. The van der Waals surface area contributed by atoms with Gasteiger partial charge in [-0.1, -0.05) is 13.0 Å². The number of hydrogen-bond acceptors (Lipinski definition) is 3. The highest BCUT2D eigenvalue weighted by atomic mass is 15.2. The standard InChI is InChI=1S/C11H13N3/c1-9-7-14(8-10(9)6-12)11-4-2-3-5-13-11/h2-5,9-10H,7-8H2,1H3/t9-,10?/m1/s1. The van der Waals surface area contributed by atoms with E-state index in [9.17, 15) is 0 Å². The second-order valence-corrected chi connectivity index (χ2v) is 3.81. The zero-order valence-corrected chi connectivity index (χ0v) is 8.22. The van der Waals surface area contributed by atoms with Gasteiger partial charge in [0.05, 0.1) is 12.0 Å². The van der Waals surface area contributed by atoms with E-state index in [1.54, 1.807) is 6.20 Å². The molecular formula is C11H13N3. The molecule has 14 heavy (non-hydrogen) atoms. The molecule has 0 aromatic carbocycles. The molecule has 1 fully saturated rings. The molecule has 2 rings (SSSR count). The molecule has 1 aliphatic rings. The van der Waals surface area contributed by atoms with Crippen molar-refractivity contribution >= 4 is 5.82 Å². The van der Waals surface area contributed by atoms with Gasteiger partial charge in [0.1, 0.15) is 5.82 Å². The molecule has 0 spiro atoms. The number of pyridine rings is 1. The SMILES string of the molecule is C[C@@H]1CN(c2ccccn2)CC1C#N. The first-order chi connectivity index (χ1) is 6.81. The van der Waals surface area contributed by atoms with E-state index in [1.165, 1.54) is 0 Å². The Hall–Kier alpha value is -1.56. The van der Waals surface area contributed by atoms with E-state index in [4.69, 9.17) is 5.26 Å². The molecule has 0 amide bonds. The van der Waals surface area contributed by atoms with Gasteiger partial charge >= 0.3 is 0 Å². The topological polar surface area (TPSA) is 39.9 Å². The fourth-order valence-electron chi connectivity index (χ4n) is 1.86. The molecule has 1 aromatic heterocycles. The molecule has 0 radical (unpaired) electrons. The van der Waals surface area contributed by atoms with Crippen LogP contribution in [-0.4, -0.2) is 18.1 Å². The Morgan fingerprint density at radius 1 is 1.50 bits per heavy atom. The highest BCUT2D eigenvalue weighted by Crippen LogP contribution is 2.25. The van der Waals surface area contributed by atoms with Crippen molar-refractivity contribution < 1.29 is 0 Å². The molecule has 1 aromatic rings. The summed E-state index contributed by atoms with van der Waals surface area (Å²) >= 11 is 0. The minimum atomic E-state index is 0.150. The van der Waals surface area contributed by atoms with Crippen LogP contribution in [0.4, 0.5) is 5.82 Å². The lowest BCUT2D eigenvalue weighted by atomic mass is 10.0. The molecule has 0 saturated carbocycles. The second kappa shape index (κ2) is 3.67. The Labute approximate surface area is 84.0 Å². The monoisotopic (exact) mass is 187 g/mol. The van der Waals surface area contributed by atoms with Crippen molar-refractivity contribution in [3.8, 4) is 6.07 Å². The third-order valence-electron chi connectivity index (χ3n) is 2.75. The molecule has 1 unspecified atom stereocenters. The average molecular weight is 187 g/mol. The lowest BCUT2D eigenvalue weighted by Crippen LogP contribution is -2.20. The summed E-state index contributed by atoms with van der Waals surface area (Å²) < 4.78 is 0.